The van der Waals surface area contributed by atoms with E-state index in [2.05, 4.69) is 4.72 Å². The summed E-state index contributed by atoms with van der Waals surface area (Å²) in [6.45, 7) is 4.56. The summed E-state index contributed by atoms with van der Waals surface area (Å²) in [5, 5.41) is 0. The molecule has 0 aromatic carbocycles. The summed E-state index contributed by atoms with van der Waals surface area (Å²) in [5.41, 5.74) is 5.54. The van der Waals surface area contributed by atoms with Crippen LogP contribution in [0.5, 0.6) is 0 Å². The number of likely N-dealkylation sites (N-methyl/N-ethyl adjacent to an activating group) is 1. The summed E-state index contributed by atoms with van der Waals surface area (Å²) < 4.78 is 32.0. The van der Waals surface area contributed by atoms with Gasteiger partial charge in [-0.15, -0.1) is 11.3 Å². The predicted octanol–water partition coefficient (Wildman–Crippen LogP) is 0.372. The van der Waals surface area contributed by atoms with E-state index < -0.39 is 10.0 Å². The highest BCUT2D eigenvalue weighted by atomic mass is 32.2. The molecule has 0 aliphatic carbocycles. The topological polar surface area (TPSA) is 84.7 Å². The van der Waals surface area contributed by atoms with E-state index in [-0.39, 0.29) is 0 Å². The monoisotopic (exact) mass is 321 g/mol. The van der Waals surface area contributed by atoms with Gasteiger partial charge in [0.25, 0.3) is 0 Å². The van der Waals surface area contributed by atoms with Crippen molar-refractivity contribution in [3.8, 4) is 0 Å². The maximum atomic E-state index is 12.2. The van der Waals surface area contributed by atoms with Gasteiger partial charge in [0.05, 0.1) is 11.5 Å². The maximum Gasteiger partial charge on any atom is 0.241 e. The second-order valence-corrected chi connectivity index (χ2v) is 7.61. The molecule has 0 fully saturated rings. The molecule has 0 spiro atoms. The SMILES string of the molecule is COCCN(C)CCNS(=O)(=O)c1cc(CN)sc1C. The molecule has 116 valence electrons. The summed E-state index contributed by atoms with van der Waals surface area (Å²) in [4.78, 5) is 3.99. The Morgan fingerprint density at radius 1 is 1.45 bits per heavy atom. The second-order valence-electron chi connectivity index (χ2n) is 4.53. The first-order valence-electron chi connectivity index (χ1n) is 6.37. The third-order valence-corrected chi connectivity index (χ3v) is 5.67. The van der Waals surface area contributed by atoms with Crippen molar-refractivity contribution >= 4 is 21.4 Å². The van der Waals surface area contributed by atoms with Crippen LogP contribution in [-0.2, 0) is 21.3 Å². The van der Waals surface area contributed by atoms with E-state index >= 15 is 0 Å². The van der Waals surface area contributed by atoms with Crippen molar-refractivity contribution in [1.29, 1.82) is 0 Å². The van der Waals surface area contributed by atoms with Crippen LogP contribution in [0.2, 0.25) is 0 Å². The lowest BCUT2D eigenvalue weighted by atomic mass is 10.4. The van der Waals surface area contributed by atoms with Gasteiger partial charge in [-0.2, -0.15) is 0 Å². The van der Waals surface area contributed by atoms with Crippen LogP contribution in [0.4, 0.5) is 0 Å². The molecule has 0 radical (unpaired) electrons. The number of hydrogen-bond acceptors (Lipinski definition) is 6. The lowest BCUT2D eigenvalue weighted by molar-refractivity contribution is 0.162. The quantitative estimate of drug-likeness (QED) is 0.686. The van der Waals surface area contributed by atoms with Gasteiger partial charge in [0, 0.05) is 43.0 Å². The van der Waals surface area contributed by atoms with Gasteiger partial charge in [0.2, 0.25) is 10.0 Å². The zero-order valence-corrected chi connectivity index (χ0v) is 13.8. The Morgan fingerprint density at radius 3 is 2.70 bits per heavy atom. The Morgan fingerprint density at radius 2 is 2.15 bits per heavy atom. The van der Waals surface area contributed by atoms with Crippen LogP contribution in [0, 0.1) is 6.92 Å². The van der Waals surface area contributed by atoms with E-state index in [1.807, 2.05) is 11.9 Å². The summed E-state index contributed by atoms with van der Waals surface area (Å²) >= 11 is 1.42. The molecule has 1 aromatic heterocycles. The van der Waals surface area contributed by atoms with Crippen molar-refractivity contribution in [2.45, 2.75) is 18.4 Å². The van der Waals surface area contributed by atoms with Crippen molar-refractivity contribution in [1.82, 2.24) is 9.62 Å². The zero-order chi connectivity index (χ0) is 15.2. The number of nitrogens with zero attached hydrogens (tertiary/aromatic N) is 1. The minimum atomic E-state index is -3.45. The van der Waals surface area contributed by atoms with Gasteiger partial charge in [0.15, 0.2) is 0 Å². The van der Waals surface area contributed by atoms with Crippen molar-refractivity contribution < 1.29 is 13.2 Å². The molecular weight excluding hydrogens is 298 g/mol. The molecule has 0 saturated heterocycles. The van der Waals surface area contributed by atoms with E-state index in [0.717, 1.165) is 16.3 Å². The minimum absolute atomic E-state index is 0.336. The molecule has 1 heterocycles. The van der Waals surface area contributed by atoms with Crippen LogP contribution < -0.4 is 10.5 Å². The van der Waals surface area contributed by atoms with Crippen LogP contribution in [0.1, 0.15) is 9.75 Å². The Bertz CT molecular complexity index is 514. The summed E-state index contributed by atoms with van der Waals surface area (Å²) in [7, 11) is 0.121. The van der Waals surface area contributed by atoms with Crippen LogP contribution in [-0.4, -0.2) is 53.7 Å². The molecule has 0 unspecified atom stereocenters. The number of nitrogens with two attached hydrogens (primary N) is 1. The lowest BCUT2D eigenvalue weighted by Crippen LogP contribution is -2.34. The number of aryl methyl sites for hydroxylation is 1. The van der Waals surface area contributed by atoms with E-state index in [9.17, 15) is 8.42 Å². The molecule has 0 bridgehead atoms. The molecule has 20 heavy (non-hydrogen) atoms. The molecular formula is C12H23N3O3S2. The summed E-state index contributed by atoms with van der Waals surface area (Å²) in [5.74, 6) is 0. The fourth-order valence-corrected chi connectivity index (χ4v) is 4.23. The van der Waals surface area contributed by atoms with Gasteiger partial charge in [0.1, 0.15) is 0 Å². The van der Waals surface area contributed by atoms with E-state index in [0.29, 0.717) is 31.1 Å². The van der Waals surface area contributed by atoms with Gasteiger partial charge in [-0.05, 0) is 20.0 Å². The van der Waals surface area contributed by atoms with Crippen molar-refractivity contribution in [2.75, 3.05) is 40.4 Å². The molecule has 8 heteroatoms. The Balaban J connectivity index is 2.55. The van der Waals surface area contributed by atoms with Crippen LogP contribution in [0.3, 0.4) is 0 Å². The first-order chi connectivity index (χ1) is 9.40. The molecule has 3 N–H and O–H groups in total. The van der Waals surface area contributed by atoms with Gasteiger partial charge < -0.3 is 15.4 Å². The highest BCUT2D eigenvalue weighted by molar-refractivity contribution is 7.89. The maximum absolute atomic E-state index is 12.2. The van der Waals surface area contributed by atoms with E-state index in [1.165, 1.54) is 11.3 Å². The number of rotatable bonds is 9. The molecule has 0 atom stereocenters. The van der Waals surface area contributed by atoms with Gasteiger partial charge >= 0.3 is 0 Å². The zero-order valence-electron chi connectivity index (χ0n) is 12.2. The van der Waals surface area contributed by atoms with Gasteiger partial charge in [-0.25, -0.2) is 13.1 Å². The first kappa shape index (κ1) is 17.5. The molecule has 6 nitrogen and oxygen atoms in total. The van der Waals surface area contributed by atoms with Gasteiger partial charge in [-0.1, -0.05) is 0 Å². The fraction of sp³-hybridized carbons (Fsp3) is 0.667. The van der Waals surface area contributed by atoms with Crippen LogP contribution >= 0.6 is 11.3 Å². The molecule has 0 amide bonds. The van der Waals surface area contributed by atoms with Crippen molar-refractivity contribution in [3.63, 3.8) is 0 Å². The second kappa shape index (κ2) is 8.06. The van der Waals surface area contributed by atoms with Crippen LogP contribution in [0.15, 0.2) is 11.0 Å². The average molecular weight is 321 g/mol. The number of methoxy groups -OCH3 is 1. The fourth-order valence-electron chi connectivity index (χ4n) is 1.70. The highest BCUT2D eigenvalue weighted by Crippen LogP contribution is 2.25. The third kappa shape index (κ3) is 5.12. The average Bonchev–Trinajstić information content (AvgIpc) is 2.78. The molecule has 0 aliphatic rings. The van der Waals surface area contributed by atoms with Gasteiger partial charge in [-0.3, -0.25) is 0 Å². The molecule has 0 saturated carbocycles. The highest BCUT2D eigenvalue weighted by Gasteiger charge is 2.19. The summed E-state index contributed by atoms with van der Waals surface area (Å²) in [6, 6.07) is 1.65. The first-order valence-corrected chi connectivity index (χ1v) is 8.67. The molecule has 1 rings (SSSR count). The van der Waals surface area contributed by atoms with E-state index in [1.54, 1.807) is 20.1 Å². The number of ether oxygens (including phenoxy) is 1. The van der Waals surface area contributed by atoms with Crippen molar-refractivity contribution in [2.24, 2.45) is 5.73 Å². The molecule has 0 aliphatic heterocycles. The van der Waals surface area contributed by atoms with Crippen molar-refractivity contribution in [3.05, 3.63) is 15.8 Å². The number of nitrogens with one attached hydrogen (secondary N) is 1. The number of thiophene rings is 1. The minimum Gasteiger partial charge on any atom is -0.383 e. The Hall–Kier alpha value is -0.510. The predicted molar refractivity (Wildman–Crippen MR) is 81.5 cm³/mol. The Kier molecular flexibility index (Phi) is 7.07. The van der Waals surface area contributed by atoms with Crippen LogP contribution in [0.25, 0.3) is 0 Å². The normalized spacial score (nSPS) is 12.2. The van der Waals surface area contributed by atoms with E-state index in [4.69, 9.17) is 10.5 Å². The third-order valence-electron chi connectivity index (χ3n) is 2.88. The lowest BCUT2D eigenvalue weighted by Gasteiger charge is -2.16. The standard InChI is InChI=1S/C12H23N3O3S2/c1-10-12(8-11(9-13)19-10)20(16,17)14-4-5-15(2)6-7-18-3/h8,14H,4-7,9,13H2,1-3H3. The number of hydrogen-bond donors (Lipinski definition) is 2. The Labute approximate surface area is 125 Å². The molecule has 1 aromatic rings. The summed E-state index contributed by atoms with van der Waals surface area (Å²) in [6.07, 6.45) is 0. The number of sulfonamides is 1. The largest absolute Gasteiger partial charge is 0.383 e. The smallest absolute Gasteiger partial charge is 0.241 e.